The number of nitrogens with one attached hydrogen (secondary N) is 1. The fourth-order valence-corrected chi connectivity index (χ4v) is 2.18. The molecule has 5 nitrogen and oxygen atoms in total. The van der Waals surface area contributed by atoms with Crippen LogP contribution in [0, 0.1) is 5.82 Å². The van der Waals surface area contributed by atoms with Gasteiger partial charge in [-0.1, -0.05) is 21.1 Å². The molecule has 2 aromatic rings. The van der Waals surface area contributed by atoms with Crippen molar-refractivity contribution in [1.82, 2.24) is 15.5 Å². The molecule has 0 aliphatic heterocycles. The van der Waals surface area contributed by atoms with Crippen LogP contribution in [0.4, 0.5) is 4.39 Å². The second kappa shape index (κ2) is 6.60. The Morgan fingerprint density at radius 1 is 1.55 bits per heavy atom. The van der Waals surface area contributed by atoms with E-state index in [1.807, 2.05) is 0 Å². The van der Waals surface area contributed by atoms with Crippen LogP contribution in [0.5, 0.6) is 0 Å². The molecule has 0 saturated heterocycles. The maximum absolute atomic E-state index is 13.1. The van der Waals surface area contributed by atoms with Crippen LogP contribution in [0.3, 0.4) is 0 Å². The molecule has 1 aromatic heterocycles. The van der Waals surface area contributed by atoms with Gasteiger partial charge in [0.05, 0.1) is 6.04 Å². The van der Waals surface area contributed by atoms with Crippen molar-refractivity contribution in [2.24, 2.45) is 0 Å². The van der Waals surface area contributed by atoms with Crippen molar-refractivity contribution in [3.63, 3.8) is 0 Å². The van der Waals surface area contributed by atoms with Crippen LogP contribution in [0.15, 0.2) is 33.6 Å². The number of benzene rings is 1. The van der Waals surface area contributed by atoms with Gasteiger partial charge in [-0.15, -0.1) is 0 Å². The predicted octanol–water partition coefficient (Wildman–Crippen LogP) is 2.78. The molecule has 106 valence electrons. The summed E-state index contributed by atoms with van der Waals surface area (Å²) in [6.07, 6.45) is 1.91. The molecule has 2 rings (SSSR count). The Morgan fingerprint density at radius 3 is 3.05 bits per heavy atom. The van der Waals surface area contributed by atoms with Crippen LogP contribution in [-0.2, 0) is 11.2 Å². The standard InChI is InChI=1S/C13H13BrFN3O2/c1-8(13-16-7-20-18-13)17-12(19)5-2-9-6-10(15)3-4-11(9)14/h3-4,6-8H,2,5H2,1H3,(H,17,19)/t8-/m1/s1. The normalized spacial score (nSPS) is 12.2. The van der Waals surface area contributed by atoms with Gasteiger partial charge in [-0.25, -0.2) is 4.39 Å². The first-order chi connectivity index (χ1) is 9.56. The van der Waals surface area contributed by atoms with Crippen molar-refractivity contribution in [1.29, 1.82) is 0 Å². The number of carbonyl (C=O) groups excluding carboxylic acids is 1. The summed E-state index contributed by atoms with van der Waals surface area (Å²) >= 11 is 3.33. The van der Waals surface area contributed by atoms with Crippen molar-refractivity contribution < 1.29 is 13.7 Å². The first-order valence-corrected chi connectivity index (χ1v) is 6.85. The maximum Gasteiger partial charge on any atom is 0.220 e. The Morgan fingerprint density at radius 2 is 2.35 bits per heavy atom. The number of nitrogens with zero attached hydrogens (tertiary/aromatic N) is 2. The third kappa shape index (κ3) is 3.86. The molecular weight excluding hydrogens is 329 g/mol. The molecule has 1 atom stereocenters. The fraction of sp³-hybridized carbons (Fsp3) is 0.308. The second-order valence-corrected chi connectivity index (χ2v) is 5.17. The van der Waals surface area contributed by atoms with E-state index in [1.54, 1.807) is 13.0 Å². The number of amides is 1. The van der Waals surface area contributed by atoms with E-state index in [1.165, 1.54) is 18.5 Å². The van der Waals surface area contributed by atoms with Crippen LogP contribution in [0.2, 0.25) is 0 Å². The van der Waals surface area contributed by atoms with Crippen molar-refractivity contribution in [3.05, 3.63) is 46.3 Å². The molecule has 0 radical (unpaired) electrons. The quantitative estimate of drug-likeness (QED) is 0.907. The highest BCUT2D eigenvalue weighted by Gasteiger charge is 2.13. The lowest BCUT2D eigenvalue weighted by Gasteiger charge is -2.10. The lowest BCUT2D eigenvalue weighted by molar-refractivity contribution is -0.121. The monoisotopic (exact) mass is 341 g/mol. The molecule has 1 heterocycles. The van der Waals surface area contributed by atoms with Crippen LogP contribution in [0.1, 0.15) is 30.8 Å². The van der Waals surface area contributed by atoms with Gasteiger partial charge in [0.15, 0.2) is 5.82 Å². The molecular formula is C13H13BrFN3O2. The maximum atomic E-state index is 13.1. The third-order valence-corrected chi connectivity index (χ3v) is 3.55. The van der Waals surface area contributed by atoms with E-state index in [9.17, 15) is 9.18 Å². The molecule has 0 bridgehead atoms. The van der Waals surface area contributed by atoms with Gasteiger partial charge < -0.3 is 9.84 Å². The van der Waals surface area contributed by atoms with E-state index in [0.717, 1.165) is 10.0 Å². The number of carbonyl (C=O) groups is 1. The topological polar surface area (TPSA) is 68.0 Å². The molecule has 0 spiro atoms. The van der Waals surface area contributed by atoms with Gasteiger partial charge in [0.2, 0.25) is 12.3 Å². The zero-order chi connectivity index (χ0) is 14.5. The SMILES string of the molecule is C[C@@H](NC(=O)CCc1cc(F)ccc1Br)c1ncon1. The van der Waals surface area contributed by atoms with Gasteiger partial charge in [-0.2, -0.15) is 4.98 Å². The largest absolute Gasteiger partial charge is 0.346 e. The number of hydrogen-bond acceptors (Lipinski definition) is 4. The molecule has 1 N–H and O–H groups in total. The van der Waals surface area contributed by atoms with E-state index in [4.69, 9.17) is 0 Å². The summed E-state index contributed by atoms with van der Waals surface area (Å²) in [6.45, 7) is 1.76. The van der Waals surface area contributed by atoms with Gasteiger partial charge >= 0.3 is 0 Å². The smallest absolute Gasteiger partial charge is 0.220 e. The number of aromatic nitrogens is 2. The summed E-state index contributed by atoms with van der Waals surface area (Å²) in [6, 6.07) is 4.09. The van der Waals surface area contributed by atoms with Crippen LogP contribution < -0.4 is 5.32 Å². The van der Waals surface area contributed by atoms with E-state index < -0.39 is 0 Å². The Labute approximate surface area is 123 Å². The number of rotatable bonds is 5. The van der Waals surface area contributed by atoms with E-state index in [-0.39, 0.29) is 24.2 Å². The predicted molar refractivity (Wildman–Crippen MR) is 73.3 cm³/mol. The van der Waals surface area contributed by atoms with E-state index in [0.29, 0.717) is 12.2 Å². The summed E-state index contributed by atoms with van der Waals surface area (Å²) in [4.78, 5) is 15.7. The van der Waals surface area contributed by atoms with Crippen LogP contribution >= 0.6 is 15.9 Å². The molecule has 7 heteroatoms. The van der Waals surface area contributed by atoms with E-state index >= 15 is 0 Å². The number of halogens is 2. The molecule has 0 unspecified atom stereocenters. The van der Waals surface area contributed by atoms with Gasteiger partial charge in [-0.3, -0.25) is 4.79 Å². The average Bonchev–Trinajstić information content (AvgIpc) is 2.94. The Hall–Kier alpha value is -1.76. The van der Waals surface area contributed by atoms with E-state index in [2.05, 4.69) is 35.9 Å². The minimum atomic E-state index is -0.322. The molecule has 0 aliphatic rings. The van der Waals surface area contributed by atoms with Crippen molar-refractivity contribution in [2.75, 3.05) is 0 Å². The molecule has 0 fully saturated rings. The highest BCUT2D eigenvalue weighted by Crippen LogP contribution is 2.19. The van der Waals surface area contributed by atoms with Gasteiger partial charge in [0.1, 0.15) is 5.82 Å². The fourth-order valence-electron chi connectivity index (χ4n) is 1.73. The van der Waals surface area contributed by atoms with Crippen LogP contribution in [-0.4, -0.2) is 16.0 Å². The molecule has 0 aliphatic carbocycles. The zero-order valence-corrected chi connectivity index (χ0v) is 12.4. The van der Waals surface area contributed by atoms with Gasteiger partial charge in [-0.05, 0) is 37.1 Å². The zero-order valence-electron chi connectivity index (χ0n) is 10.8. The second-order valence-electron chi connectivity index (χ2n) is 4.31. The van der Waals surface area contributed by atoms with Gasteiger partial charge in [0.25, 0.3) is 0 Å². The summed E-state index contributed by atoms with van der Waals surface area (Å²) in [5.74, 6) is -0.0486. The Bertz CT molecular complexity index is 589. The Balaban J connectivity index is 1.87. The molecule has 20 heavy (non-hydrogen) atoms. The van der Waals surface area contributed by atoms with Crippen molar-refractivity contribution in [2.45, 2.75) is 25.8 Å². The lowest BCUT2D eigenvalue weighted by Crippen LogP contribution is -2.27. The average molecular weight is 342 g/mol. The highest BCUT2D eigenvalue weighted by molar-refractivity contribution is 9.10. The minimum Gasteiger partial charge on any atom is -0.346 e. The van der Waals surface area contributed by atoms with Gasteiger partial charge in [0, 0.05) is 10.9 Å². The summed E-state index contributed by atoms with van der Waals surface area (Å²) in [5, 5.41) is 6.41. The molecule has 0 saturated carbocycles. The summed E-state index contributed by atoms with van der Waals surface area (Å²) in [5.41, 5.74) is 0.757. The van der Waals surface area contributed by atoms with Crippen molar-refractivity contribution >= 4 is 21.8 Å². The minimum absolute atomic E-state index is 0.154. The van der Waals surface area contributed by atoms with Crippen molar-refractivity contribution in [3.8, 4) is 0 Å². The number of aryl methyl sites for hydroxylation is 1. The molecule has 1 amide bonds. The number of hydrogen-bond donors (Lipinski definition) is 1. The lowest BCUT2D eigenvalue weighted by atomic mass is 10.1. The summed E-state index contributed by atoms with van der Waals surface area (Å²) in [7, 11) is 0. The molecule has 1 aromatic carbocycles. The summed E-state index contributed by atoms with van der Waals surface area (Å²) < 4.78 is 18.5. The first kappa shape index (κ1) is 14.6. The third-order valence-electron chi connectivity index (χ3n) is 2.77. The first-order valence-electron chi connectivity index (χ1n) is 6.06. The highest BCUT2D eigenvalue weighted by atomic mass is 79.9. The van der Waals surface area contributed by atoms with Crippen LogP contribution in [0.25, 0.3) is 0 Å². The Kier molecular flexibility index (Phi) is 4.84.